The molecule has 0 spiro atoms. The van der Waals surface area contributed by atoms with E-state index in [9.17, 15) is 9.59 Å². The Labute approximate surface area is 166 Å². The zero-order chi connectivity index (χ0) is 20.1. The Morgan fingerprint density at radius 1 is 1.14 bits per heavy atom. The third-order valence-corrected chi connectivity index (χ3v) is 5.34. The molecule has 2 atom stereocenters. The summed E-state index contributed by atoms with van der Waals surface area (Å²) in [6, 6.07) is 13.3. The second-order valence-electron chi connectivity index (χ2n) is 7.09. The van der Waals surface area contributed by atoms with E-state index < -0.39 is 6.04 Å². The SMILES string of the molecule is CCOC(=O)C[C@H](NC(=O)N1CCn2c(C)ccc2[C@@H]1CC)c1ccccc1. The van der Waals surface area contributed by atoms with Crippen LogP contribution >= 0.6 is 0 Å². The lowest BCUT2D eigenvalue weighted by Crippen LogP contribution is -2.48. The first-order valence-electron chi connectivity index (χ1n) is 9.98. The molecule has 2 amide bonds. The first kappa shape index (κ1) is 20.0. The average Bonchev–Trinajstić information content (AvgIpc) is 3.08. The number of carbonyl (C=O) groups is 2. The molecule has 1 aliphatic heterocycles. The lowest BCUT2D eigenvalue weighted by molar-refractivity contribution is -0.143. The summed E-state index contributed by atoms with van der Waals surface area (Å²) in [5, 5.41) is 3.07. The fourth-order valence-electron chi connectivity index (χ4n) is 3.94. The maximum atomic E-state index is 13.2. The quantitative estimate of drug-likeness (QED) is 0.768. The van der Waals surface area contributed by atoms with Crippen molar-refractivity contribution in [1.29, 1.82) is 0 Å². The van der Waals surface area contributed by atoms with Gasteiger partial charge in [0.25, 0.3) is 0 Å². The number of amides is 2. The van der Waals surface area contributed by atoms with Gasteiger partial charge in [0.15, 0.2) is 0 Å². The van der Waals surface area contributed by atoms with Gasteiger partial charge in [0, 0.05) is 24.5 Å². The molecule has 0 unspecified atom stereocenters. The number of benzene rings is 1. The summed E-state index contributed by atoms with van der Waals surface area (Å²) in [6.45, 7) is 7.73. The van der Waals surface area contributed by atoms with Crippen molar-refractivity contribution in [2.24, 2.45) is 0 Å². The minimum atomic E-state index is -0.416. The first-order chi connectivity index (χ1) is 13.5. The Hall–Kier alpha value is -2.76. The molecule has 0 saturated heterocycles. The summed E-state index contributed by atoms with van der Waals surface area (Å²) in [4.78, 5) is 27.1. The van der Waals surface area contributed by atoms with E-state index in [0.29, 0.717) is 13.2 Å². The second kappa shape index (κ2) is 8.95. The van der Waals surface area contributed by atoms with Crippen LogP contribution in [0.2, 0.25) is 0 Å². The molecule has 0 saturated carbocycles. The molecule has 1 aliphatic rings. The van der Waals surface area contributed by atoms with Crippen molar-refractivity contribution in [3.8, 4) is 0 Å². The van der Waals surface area contributed by atoms with Crippen LogP contribution in [0.5, 0.6) is 0 Å². The Balaban J connectivity index is 1.78. The van der Waals surface area contributed by atoms with E-state index in [1.807, 2.05) is 35.2 Å². The third kappa shape index (κ3) is 4.21. The van der Waals surface area contributed by atoms with Crippen molar-refractivity contribution >= 4 is 12.0 Å². The van der Waals surface area contributed by atoms with Crippen molar-refractivity contribution in [1.82, 2.24) is 14.8 Å². The molecule has 3 rings (SSSR count). The molecule has 0 aliphatic carbocycles. The zero-order valence-corrected chi connectivity index (χ0v) is 16.9. The van der Waals surface area contributed by atoms with Crippen LogP contribution in [-0.4, -0.2) is 34.6 Å². The number of ether oxygens (including phenoxy) is 1. The molecule has 6 heteroatoms. The molecule has 2 aromatic rings. The maximum Gasteiger partial charge on any atom is 0.318 e. The van der Waals surface area contributed by atoms with Crippen LogP contribution in [0.15, 0.2) is 42.5 Å². The van der Waals surface area contributed by atoms with Gasteiger partial charge in [-0.25, -0.2) is 4.79 Å². The number of aromatic nitrogens is 1. The largest absolute Gasteiger partial charge is 0.466 e. The monoisotopic (exact) mass is 383 g/mol. The fourth-order valence-corrected chi connectivity index (χ4v) is 3.94. The minimum Gasteiger partial charge on any atom is -0.466 e. The van der Waals surface area contributed by atoms with E-state index in [2.05, 4.69) is 35.9 Å². The number of aryl methyl sites for hydroxylation is 1. The smallest absolute Gasteiger partial charge is 0.318 e. The molecule has 2 heterocycles. The van der Waals surface area contributed by atoms with Gasteiger partial charge in [-0.15, -0.1) is 0 Å². The molecule has 0 bridgehead atoms. The van der Waals surface area contributed by atoms with Crippen LogP contribution < -0.4 is 5.32 Å². The summed E-state index contributed by atoms with van der Waals surface area (Å²) in [7, 11) is 0. The normalized spacial score (nSPS) is 17.0. The van der Waals surface area contributed by atoms with E-state index in [1.165, 1.54) is 11.4 Å². The van der Waals surface area contributed by atoms with Gasteiger partial charge in [-0.3, -0.25) is 4.79 Å². The molecule has 0 radical (unpaired) electrons. The molecule has 28 heavy (non-hydrogen) atoms. The lowest BCUT2D eigenvalue weighted by atomic mass is 10.0. The van der Waals surface area contributed by atoms with Crippen molar-refractivity contribution < 1.29 is 14.3 Å². The van der Waals surface area contributed by atoms with E-state index >= 15 is 0 Å². The van der Waals surface area contributed by atoms with E-state index in [1.54, 1.807) is 6.92 Å². The van der Waals surface area contributed by atoms with Crippen LogP contribution in [0.1, 0.15) is 55.7 Å². The van der Waals surface area contributed by atoms with Gasteiger partial charge >= 0.3 is 12.0 Å². The summed E-state index contributed by atoms with van der Waals surface area (Å²) < 4.78 is 7.39. The van der Waals surface area contributed by atoms with Gasteiger partial charge in [0.1, 0.15) is 0 Å². The minimum absolute atomic E-state index is 0.0291. The highest BCUT2D eigenvalue weighted by Crippen LogP contribution is 2.30. The molecule has 1 aromatic carbocycles. The predicted molar refractivity (Wildman–Crippen MR) is 108 cm³/mol. The number of hydrogen-bond donors (Lipinski definition) is 1. The van der Waals surface area contributed by atoms with Gasteiger partial charge in [0.05, 0.1) is 25.1 Å². The number of hydrogen-bond acceptors (Lipinski definition) is 3. The highest BCUT2D eigenvalue weighted by molar-refractivity contribution is 5.77. The number of esters is 1. The maximum absolute atomic E-state index is 13.2. The van der Waals surface area contributed by atoms with Gasteiger partial charge in [-0.05, 0) is 38.0 Å². The van der Waals surface area contributed by atoms with Gasteiger partial charge in [-0.2, -0.15) is 0 Å². The Morgan fingerprint density at radius 2 is 1.89 bits per heavy atom. The lowest BCUT2D eigenvalue weighted by Gasteiger charge is -2.38. The van der Waals surface area contributed by atoms with Gasteiger partial charge in [0.2, 0.25) is 0 Å². The average molecular weight is 383 g/mol. The number of nitrogens with one attached hydrogen (secondary N) is 1. The molecule has 0 fully saturated rings. The Bertz CT molecular complexity index is 816. The number of carbonyl (C=O) groups excluding carboxylic acids is 2. The highest BCUT2D eigenvalue weighted by atomic mass is 16.5. The number of urea groups is 1. The van der Waals surface area contributed by atoms with Crippen LogP contribution in [-0.2, 0) is 16.1 Å². The standard InChI is InChI=1S/C22H29N3O3/c1-4-19-20-12-11-16(3)24(20)13-14-25(19)22(27)23-18(15-21(26)28-5-2)17-9-7-6-8-10-17/h6-12,18-19H,4-5,13-15H2,1-3H3,(H,23,27)/t18-,19-/m0/s1. The second-order valence-corrected chi connectivity index (χ2v) is 7.09. The topological polar surface area (TPSA) is 63.6 Å². The molecular weight excluding hydrogens is 354 g/mol. The Morgan fingerprint density at radius 3 is 2.57 bits per heavy atom. The molecule has 150 valence electrons. The van der Waals surface area contributed by atoms with Gasteiger partial charge in [-0.1, -0.05) is 37.3 Å². The highest BCUT2D eigenvalue weighted by Gasteiger charge is 2.32. The summed E-state index contributed by atoms with van der Waals surface area (Å²) in [5.74, 6) is -0.313. The predicted octanol–water partition coefficient (Wildman–Crippen LogP) is 3.97. The van der Waals surface area contributed by atoms with E-state index in [-0.39, 0.29) is 24.5 Å². The number of nitrogens with zero attached hydrogens (tertiary/aromatic N) is 2. The van der Waals surface area contributed by atoms with Crippen molar-refractivity contribution in [2.75, 3.05) is 13.2 Å². The summed E-state index contributed by atoms with van der Waals surface area (Å²) in [6.07, 6.45) is 0.953. The number of rotatable bonds is 6. The number of fused-ring (bicyclic) bond motifs is 1. The zero-order valence-electron chi connectivity index (χ0n) is 16.9. The van der Waals surface area contributed by atoms with E-state index in [0.717, 1.165) is 18.5 Å². The summed E-state index contributed by atoms with van der Waals surface area (Å²) in [5.41, 5.74) is 3.29. The van der Waals surface area contributed by atoms with Crippen LogP contribution in [0.25, 0.3) is 0 Å². The fraction of sp³-hybridized carbons (Fsp3) is 0.455. The third-order valence-electron chi connectivity index (χ3n) is 5.34. The van der Waals surface area contributed by atoms with Crippen molar-refractivity contribution in [2.45, 2.75) is 52.2 Å². The van der Waals surface area contributed by atoms with Crippen LogP contribution in [0.4, 0.5) is 4.79 Å². The Kier molecular flexibility index (Phi) is 6.39. The summed E-state index contributed by atoms with van der Waals surface area (Å²) >= 11 is 0. The molecule has 1 aromatic heterocycles. The van der Waals surface area contributed by atoms with Crippen LogP contribution in [0, 0.1) is 6.92 Å². The van der Waals surface area contributed by atoms with Crippen molar-refractivity contribution in [3.63, 3.8) is 0 Å². The van der Waals surface area contributed by atoms with Crippen molar-refractivity contribution in [3.05, 3.63) is 59.4 Å². The molecule has 6 nitrogen and oxygen atoms in total. The van der Waals surface area contributed by atoms with Gasteiger partial charge < -0.3 is 19.5 Å². The van der Waals surface area contributed by atoms with E-state index in [4.69, 9.17) is 4.74 Å². The first-order valence-corrected chi connectivity index (χ1v) is 9.98. The molecular formula is C22H29N3O3. The molecule has 1 N–H and O–H groups in total. The van der Waals surface area contributed by atoms with Crippen LogP contribution in [0.3, 0.4) is 0 Å².